The molecule has 1 aromatic rings. The van der Waals surface area contributed by atoms with Crippen LogP contribution in [-0.2, 0) is 6.42 Å². The molecule has 1 N–H and O–H groups in total. The van der Waals surface area contributed by atoms with E-state index in [2.05, 4.69) is 12.2 Å². The first-order valence-corrected chi connectivity index (χ1v) is 5.26. The van der Waals surface area contributed by atoms with Gasteiger partial charge in [0, 0.05) is 0 Å². The van der Waals surface area contributed by atoms with E-state index in [4.69, 9.17) is 11.6 Å². The highest BCUT2D eigenvalue weighted by Gasteiger charge is 2.00. The van der Waals surface area contributed by atoms with E-state index in [1.807, 2.05) is 6.07 Å². The maximum atomic E-state index is 13.0. The van der Waals surface area contributed by atoms with Crippen LogP contribution in [-0.4, -0.2) is 13.1 Å². The van der Waals surface area contributed by atoms with Crippen LogP contribution in [0.2, 0.25) is 5.02 Å². The zero-order valence-corrected chi connectivity index (χ0v) is 9.07. The highest BCUT2D eigenvalue weighted by molar-refractivity contribution is 6.30. The van der Waals surface area contributed by atoms with Crippen LogP contribution < -0.4 is 5.32 Å². The average molecular weight is 216 g/mol. The molecule has 0 bridgehead atoms. The van der Waals surface area contributed by atoms with Gasteiger partial charge in [0.2, 0.25) is 0 Å². The van der Waals surface area contributed by atoms with Crippen molar-refractivity contribution in [3.63, 3.8) is 0 Å². The lowest BCUT2D eigenvalue weighted by atomic mass is 10.1. The molecule has 0 saturated carbocycles. The smallest absolute Gasteiger partial charge is 0.142 e. The second-order valence-electron chi connectivity index (χ2n) is 3.25. The number of hydrogen-bond donors (Lipinski definition) is 1. The summed E-state index contributed by atoms with van der Waals surface area (Å²) in [4.78, 5) is 0. The molecule has 1 nitrogen and oxygen atoms in total. The van der Waals surface area contributed by atoms with E-state index in [-0.39, 0.29) is 10.8 Å². The van der Waals surface area contributed by atoms with E-state index in [0.717, 1.165) is 31.5 Å². The second kappa shape index (κ2) is 5.99. The Morgan fingerprint density at radius 1 is 1.36 bits per heavy atom. The van der Waals surface area contributed by atoms with Crippen LogP contribution in [0.1, 0.15) is 18.9 Å². The maximum absolute atomic E-state index is 13.0. The van der Waals surface area contributed by atoms with Gasteiger partial charge in [-0.05, 0) is 43.6 Å². The van der Waals surface area contributed by atoms with Gasteiger partial charge in [0.25, 0.3) is 0 Å². The van der Waals surface area contributed by atoms with Gasteiger partial charge in [0.05, 0.1) is 5.02 Å². The van der Waals surface area contributed by atoms with Gasteiger partial charge in [-0.2, -0.15) is 0 Å². The molecule has 0 aromatic heterocycles. The van der Waals surface area contributed by atoms with Crippen molar-refractivity contribution in [3.05, 3.63) is 34.6 Å². The van der Waals surface area contributed by atoms with Gasteiger partial charge in [-0.1, -0.05) is 24.6 Å². The summed E-state index contributed by atoms with van der Waals surface area (Å²) in [5, 5.41) is 3.45. The van der Waals surface area contributed by atoms with Crippen LogP contribution in [0.5, 0.6) is 0 Å². The molecule has 0 amide bonds. The standard InChI is InChI=1S/C11H15ClFN/c1-2-6-14-7-5-9-3-4-10(12)11(13)8-9/h3-4,8,14H,2,5-7H2,1H3. The Morgan fingerprint density at radius 2 is 2.14 bits per heavy atom. The summed E-state index contributed by atoms with van der Waals surface area (Å²) in [6.07, 6.45) is 1.96. The van der Waals surface area contributed by atoms with E-state index in [9.17, 15) is 4.39 Å². The zero-order chi connectivity index (χ0) is 10.4. The average Bonchev–Trinajstić information content (AvgIpc) is 2.18. The summed E-state index contributed by atoms with van der Waals surface area (Å²) in [5.74, 6) is -0.334. The molecular formula is C11H15ClFN. The van der Waals surface area contributed by atoms with Crippen molar-refractivity contribution >= 4 is 11.6 Å². The van der Waals surface area contributed by atoms with Gasteiger partial charge in [0.15, 0.2) is 0 Å². The van der Waals surface area contributed by atoms with Crippen molar-refractivity contribution < 1.29 is 4.39 Å². The van der Waals surface area contributed by atoms with Gasteiger partial charge in [-0.3, -0.25) is 0 Å². The zero-order valence-electron chi connectivity index (χ0n) is 8.32. The first-order chi connectivity index (χ1) is 6.74. The van der Waals surface area contributed by atoms with Crippen LogP contribution >= 0.6 is 11.6 Å². The van der Waals surface area contributed by atoms with Gasteiger partial charge < -0.3 is 5.32 Å². The fraction of sp³-hybridized carbons (Fsp3) is 0.455. The van der Waals surface area contributed by atoms with Crippen LogP contribution in [0, 0.1) is 5.82 Å². The number of halogens is 2. The van der Waals surface area contributed by atoms with Crippen molar-refractivity contribution in [2.24, 2.45) is 0 Å². The van der Waals surface area contributed by atoms with Crippen LogP contribution in [0.25, 0.3) is 0 Å². The molecule has 0 heterocycles. The molecular weight excluding hydrogens is 201 g/mol. The molecule has 1 aromatic carbocycles. The van der Waals surface area contributed by atoms with Crippen molar-refractivity contribution in [1.82, 2.24) is 5.32 Å². The highest BCUT2D eigenvalue weighted by atomic mass is 35.5. The van der Waals surface area contributed by atoms with Crippen molar-refractivity contribution in [3.8, 4) is 0 Å². The molecule has 0 atom stereocenters. The first-order valence-electron chi connectivity index (χ1n) is 4.88. The lowest BCUT2D eigenvalue weighted by Crippen LogP contribution is -2.17. The summed E-state index contributed by atoms with van der Waals surface area (Å²) in [6.45, 7) is 4.01. The molecule has 1 rings (SSSR count). The quantitative estimate of drug-likeness (QED) is 0.745. The van der Waals surface area contributed by atoms with E-state index in [1.54, 1.807) is 6.07 Å². The number of rotatable bonds is 5. The molecule has 0 radical (unpaired) electrons. The first kappa shape index (κ1) is 11.5. The normalized spacial score (nSPS) is 10.5. The van der Waals surface area contributed by atoms with E-state index in [0.29, 0.717) is 0 Å². The Labute approximate surface area is 89.3 Å². The maximum Gasteiger partial charge on any atom is 0.142 e. The highest BCUT2D eigenvalue weighted by Crippen LogP contribution is 2.15. The number of hydrogen-bond acceptors (Lipinski definition) is 1. The third kappa shape index (κ3) is 3.64. The Balaban J connectivity index is 2.39. The predicted octanol–water partition coefficient (Wildman–Crippen LogP) is 3.02. The minimum absolute atomic E-state index is 0.190. The third-order valence-corrected chi connectivity index (χ3v) is 2.31. The number of benzene rings is 1. The molecule has 78 valence electrons. The summed E-state index contributed by atoms with van der Waals surface area (Å²) < 4.78 is 13.0. The Morgan fingerprint density at radius 3 is 2.79 bits per heavy atom. The lowest BCUT2D eigenvalue weighted by Gasteiger charge is -2.03. The summed E-state index contributed by atoms with van der Waals surface area (Å²) in [6, 6.07) is 4.96. The SMILES string of the molecule is CCCNCCc1ccc(Cl)c(F)c1. The van der Waals surface area contributed by atoms with Crippen LogP contribution in [0.4, 0.5) is 4.39 Å². The van der Waals surface area contributed by atoms with Crippen LogP contribution in [0.3, 0.4) is 0 Å². The summed E-state index contributed by atoms with van der Waals surface area (Å²) in [7, 11) is 0. The van der Waals surface area contributed by atoms with Gasteiger partial charge >= 0.3 is 0 Å². The molecule has 3 heteroatoms. The van der Waals surface area contributed by atoms with Crippen molar-refractivity contribution in [1.29, 1.82) is 0 Å². The Kier molecular flexibility index (Phi) is 4.91. The molecule has 0 saturated heterocycles. The van der Waals surface area contributed by atoms with E-state index < -0.39 is 0 Å². The predicted molar refractivity (Wildman–Crippen MR) is 58.3 cm³/mol. The molecule has 0 aliphatic heterocycles. The molecule has 0 fully saturated rings. The fourth-order valence-corrected chi connectivity index (χ4v) is 1.35. The summed E-state index contributed by atoms with van der Waals surface area (Å²) in [5.41, 5.74) is 0.982. The Bertz CT molecular complexity index is 289. The van der Waals surface area contributed by atoms with Gasteiger partial charge in [0.1, 0.15) is 5.82 Å². The van der Waals surface area contributed by atoms with Crippen molar-refractivity contribution in [2.75, 3.05) is 13.1 Å². The van der Waals surface area contributed by atoms with Gasteiger partial charge in [-0.15, -0.1) is 0 Å². The molecule has 0 unspecified atom stereocenters. The van der Waals surface area contributed by atoms with E-state index >= 15 is 0 Å². The fourth-order valence-electron chi connectivity index (χ4n) is 1.23. The largest absolute Gasteiger partial charge is 0.316 e. The minimum Gasteiger partial charge on any atom is -0.316 e. The molecule has 0 aliphatic rings. The van der Waals surface area contributed by atoms with Gasteiger partial charge in [-0.25, -0.2) is 4.39 Å². The summed E-state index contributed by atoms with van der Waals surface area (Å²) >= 11 is 5.57. The number of nitrogens with one attached hydrogen (secondary N) is 1. The minimum atomic E-state index is -0.334. The molecule has 0 spiro atoms. The topological polar surface area (TPSA) is 12.0 Å². The van der Waals surface area contributed by atoms with Crippen LogP contribution in [0.15, 0.2) is 18.2 Å². The second-order valence-corrected chi connectivity index (χ2v) is 3.66. The third-order valence-electron chi connectivity index (χ3n) is 2.00. The Hall–Kier alpha value is -0.600. The molecule has 14 heavy (non-hydrogen) atoms. The molecule has 0 aliphatic carbocycles. The lowest BCUT2D eigenvalue weighted by molar-refractivity contribution is 0.622. The monoisotopic (exact) mass is 215 g/mol. The van der Waals surface area contributed by atoms with E-state index in [1.165, 1.54) is 6.07 Å². The van der Waals surface area contributed by atoms with Crippen molar-refractivity contribution in [2.45, 2.75) is 19.8 Å².